The van der Waals surface area contributed by atoms with E-state index in [4.69, 9.17) is 4.74 Å². The van der Waals surface area contributed by atoms with Crippen molar-refractivity contribution >= 4 is 11.9 Å². The molecule has 1 aliphatic rings. The Morgan fingerprint density at radius 2 is 1.75 bits per heavy atom. The van der Waals surface area contributed by atoms with Gasteiger partial charge in [-0.3, -0.25) is 9.59 Å². The number of hydrogen-bond donors (Lipinski definition) is 2. The highest BCUT2D eigenvalue weighted by Gasteiger charge is 2.27. The minimum absolute atomic E-state index is 0.0100. The summed E-state index contributed by atoms with van der Waals surface area (Å²) < 4.78 is 5.04. The largest absolute Gasteiger partial charge is 0.466 e. The van der Waals surface area contributed by atoms with E-state index in [1.807, 2.05) is 27.7 Å². The monoisotopic (exact) mass is 284 g/mol. The minimum atomic E-state index is -0.0910. The average Bonchev–Trinajstić information content (AvgIpc) is 2.37. The molecule has 1 saturated carbocycles. The molecule has 0 spiro atoms. The molecular formula is C15H28N2O3. The summed E-state index contributed by atoms with van der Waals surface area (Å²) in [5.41, 5.74) is -0.0566. The van der Waals surface area contributed by atoms with Crippen LogP contribution in [0.15, 0.2) is 0 Å². The molecule has 1 fully saturated rings. The van der Waals surface area contributed by atoms with E-state index in [-0.39, 0.29) is 29.4 Å². The quantitative estimate of drug-likeness (QED) is 0.753. The molecule has 0 aliphatic heterocycles. The molecular weight excluding hydrogens is 256 g/mol. The van der Waals surface area contributed by atoms with Crippen LogP contribution in [0.4, 0.5) is 0 Å². The van der Waals surface area contributed by atoms with Gasteiger partial charge in [-0.25, -0.2) is 0 Å². The van der Waals surface area contributed by atoms with Gasteiger partial charge in [0.05, 0.1) is 19.1 Å². The maximum absolute atomic E-state index is 11.8. The highest BCUT2D eigenvalue weighted by atomic mass is 16.5. The lowest BCUT2D eigenvalue weighted by Crippen LogP contribution is -2.47. The van der Waals surface area contributed by atoms with E-state index in [0.29, 0.717) is 13.2 Å². The SMILES string of the molecule is CCOC(=O)C1CCC(NC(=O)CNC(C)(C)C)CC1. The van der Waals surface area contributed by atoms with Crippen LogP contribution < -0.4 is 10.6 Å². The molecule has 116 valence electrons. The summed E-state index contributed by atoms with van der Waals surface area (Å²) in [6.07, 6.45) is 3.31. The van der Waals surface area contributed by atoms with Crippen molar-refractivity contribution in [3.63, 3.8) is 0 Å². The second-order valence-electron chi connectivity index (χ2n) is 6.47. The highest BCUT2D eigenvalue weighted by molar-refractivity contribution is 5.78. The molecule has 5 nitrogen and oxygen atoms in total. The number of carbonyl (C=O) groups is 2. The predicted octanol–water partition coefficient (Wildman–Crippen LogP) is 1.61. The molecule has 0 aromatic carbocycles. The van der Waals surface area contributed by atoms with Gasteiger partial charge in [-0.15, -0.1) is 0 Å². The van der Waals surface area contributed by atoms with E-state index in [0.717, 1.165) is 25.7 Å². The zero-order valence-electron chi connectivity index (χ0n) is 13.1. The first-order chi connectivity index (χ1) is 9.31. The molecule has 0 bridgehead atoms. The zero-order valence-corrected chi connectivity index (χ0v) is 13.1. The normalized spacial score (nSPS) is 23.2. The molecule has 0 atom stereocenters. The van der Waals surface area contributed by atoms with E-state index in [1.165, 1.54) is 0 Å². The van der Waals surface area contributed by atoms with Crippen LogP contribution in [0.5, 0.6) is 0 Å². The Balaban J connectivity index is 2.25. The molecule has 0 unspecified atom stereocenters. The number of nitrogens with one attached hydrogen (secondary N) is 2. The highest BCUT2D eigenvalue weighted by Crippen LogP contribution is 2.25. The fraction of sp³-hybridized carbons (Fsp3) is 0.867. The molecule has 5 heteroatoms. The summed E-state index contributed by atoms with van der Waals surface area (Å²) in [7, 11) is 0. The fourth-order valence-corrected chi connectivity index (χ4v) is 2.36. The van der Waals surface area contributed by atoms with Gasteiger partial charge in [-0.05, 0) is 53.4 Å². The van der Waals surface area contributed by atoms with E-state index in [1.54, 1.807) is 0 Å². The Morgan fingerprint density at radius 1 is 1.15 bits per heavy atom. The Morgan fingerprint density at radius 3 is 2.25 bits per heavy atom. The Bertz CT molecular complexity index is 329. The van der Waals surface area contributed by atoms with Crippen LogP contribution in [0, 0.1) is 5.92 Å². The molecule has 0 saturated heterocycles. The Labute approximate surface area is 121 Å². The van der Waals surface area contributed by atoms with E-state index in [2.05, 4.69) is 10.6 Å². The van der Waals surface area contributed by atoms with Crippen molar-refractivity contribution in [2.24, 2.45) is 5.92 Å². The van der Waals surface area contributed by atoms with Crippen LogP contribution in [0.25, 0.3) is 0 Å². The smallest absolute Gasteiger partial charge is 0.308 e. The number of esters is 1. The van der Waals surface area contributed by atoms with Gasteiger partial charge in [-0.1, -0.05) is 0 Å². The van der Waals surface area contributed by atoms with E-state index in [9.17, 15) is 9.59 Å². The lowest BCUT2D eigenvalue weighted by atomic mass is 9.86. The molecule has 0 aromatic rings. The maximum atomic E-state index is 11.8. The first-order valence-electron chi connectivity index (χ1n) is 7.53. The third-order valence-electron chi connectivity index (χ3n) is 3.49. The number of amides is 1. The molecule has 0 aromatic heterocycles. The molecule has 1 rings (SSSR count). The number of carbonyl (C=O) groups excluding carboxylic acids is 2. The summed E-state index contributed by atoms with van der Waals surface area (Å²) in [5, 5.41) is 6.20. The summed E-state index contributed by atoms with van der Waals surface area (Å²) in [6.45, 7) is 8.70. The second-order valence-corrected chi connectivity index (χ2v) is 6.47. The molecule has 20 heavy (non-hydrogen) atoms. The molecule has 0 heterocycles. The van der Waals surface area contributed by atoms with Crippen LogP contribution in [0.2, 0.25) is 0 Å². The van der Waals surface area contributed by atoms with Gasteiger partial charge in [0.1, 0.15) is 0 Å². The van der Waals surface area contributed by atoms with Crippen molar-refractivity contribution in [2.45, 2.75) is 65.0 Å². The van der Waals surface area contributed by atoms with Crippen LogP contribution in [0.1, 0.15) is 53.4 Å². The van der Waals surface area contributed by atoms with E-state index >= 15 is 0 Å². The van der Waals surface area contributed by atoms with Gasteiger partial charge in [0.15, 0.2) is 0 Å². The van der Waals surface area contributed by atoms with Gasteiger partial charge in [0.2, 0.25) is 5.91 Å². The lowest BCUT2D eigenvalue weighted by molar-refractivity contribution is -0.149. The van der Waals surface area contributed by atoms with Gasteiger partial charge >= 0.3 is 5.97 Å². The average molecular weight is 284 g/mol. The number of rotatable bonds is 5. The van der Waals surface area contributed by atoms with Gasteiger partial charge in [0.25, 0.3) is 0 Å². The van der Waals surface area contributed by atoms with Crippen molar-refractivity contribution < 1.29 is 14.3 Å². The van der Waals surface area contributed by atoms with Gasteiger partial charge in [-0.2, -0.15) is 0 Å². The van der Waals surface area contributed by atoms with Crippen molar-refractivity contribution in [3.8, 4) is 0 Å². The topological polar surface area (TPSA) is 67.4 Å². The van der Waals surface area contributed by atoms with Gasteiger partial charge in [0, 0.05) is 11.6 Å². The van der Waals surface area contributed by atoms with Crippen molar-refractivity contribution in [1.82, 2.24) is 10.6 Å². The Hall–Kier alpha value is -1.10. The fourth-order valence-electron chi connectivity index (χ4n) is 2.36. The van der Waals surface area contributed by atoms with Crippen molar-refractivity contribution in [3.05, 3.63) is 0 Å². The zero-order chi connectivity index (χ0) is 15.2. The summed E-state index contributed by atoms with van der Waals surface area (Å²) in [6, 6.07) is 0.190. The lowest BCUT2D eigenvalue weighted by Gasteiger charge is -2.28. The van der Waals surface area contributed by atoms with Crippen molar-refractivity contribution in [2.75, 3.05) is 13.2 Å². The summed E-state index contributed by atoms with van der Waals surface area (Å²) in [5.74, 6) is -0.0537. The third-order valence-corrected chi connectivity index (χ3v) is 3.49. The molecule has 0 radical (unpaired) electrons. The number of hydrogen-bond acceptors (Lipinski definition) is 4. The molecule has 1 amide bonds. The van der Waals surface area contributed by atoms with Crippen molar-refractivity contribution in [1.29, 1.82) is 0 Å². The maximum Gasteiger partial charge on any atom is 0.308 e. The molecule has 1 aliphatic carbocycles. The van der Waals surface area contributed by atoms with E-state index < -0.39 is 0 Å². The van der Waals surface area contributed by atoms with Crippen LogP contribution in [-0.4, -0.2) is 36.6 Å². The Kier molecular flexibility index (Phi) is 6.46. The predicted molar refractivity (Wildman–Crippen MR) is 78.3 cm³/mol. The van der Waals surface area contributed by atoms with Gasteiger partial charge < -0.3 is 15.4 Å². The minimum Gasteiger partial charge on any atom is -0.466 e. The summed E-state index contributed by atoms with van der Waals surface area (Å²) >= 11 is 0. The number of ether oxygens (including phenoxy) is 1. The first-order valence-corrected chi connectivity index (χ1v) is 7.53. The van der Waals surface area contributed by atoms with Crippen LogP contribution in [-0.2, 0) is 14.3 Å². The third kappa shape index (κ3) is 6.37. The second kappa shape index (κ2) is 7.62. The van der Waals surface area contributed by atoms with Crippen LogP contribution >= 0.6 is 0 Å². The summed E-state index contributed by atoms with van der Waals surface area (Å²) in [4.78, 5) is 23.4. The standard InChI is InChI=1S/C15H28N2O3/c1-5-20-14(19)11-6-8-12(9-7-11)17-13(18)10-16-15(2,3)4/h11-12,16H,5-10H2,1-4H3,(H,17,18). The first kappa shape index (κ1) is 17.0. The molecule has 2 N–H and O–H groups in total. The van der Waals surface area contributed by atoms with Crippen LogP contribution in [0.3, 0.4) is 0 Å².